The Bertz CT molecular complexity index is 1080. The second kappa shape index (κ2) is 8.51. The quantitative estimate of drug-likeness (QED) is 0.768. The molecule has 7 heteroatoms. The number of fused-ring (bicyclic) bond motifs is 4. The number of aromatic nitrogens is 1. The molecule has 0 aliphatic carbocycles. The van der Waals surface area contributed by atoms with Crippen molar-refractivity contribution in [1.29, 1.82) is 0 Å². The molecule has 0 unspecified atom stereocenters. The summed E-state index contributed by atoms with van der Waals surface area (Å²) in [4.78, 5) is 40.3. The molecule has 2 amide bonds. The second-order valence-corrected chi connectivity index (χ2v) is 8.08. The molecule has 4 atom stereocenters. The van der Waals surface area contributed by atoms with Crippen LogP contribution in [0.1, 0.15) is 36.7 Å². The lowest BCUT2D eigenvalue weighted by Crippen LogP contribution is -2.48. The van der Waals surface area contributed by atoms with Crippen molar-refractivity contribution in [3.8, 4) is 0 Å². The van der Waals surface area contributed by atoms with E-state index in [1.165, 1.54) is 6.92 Å². The van der Waals surface area contributed by atoms with Crippen molar-refractivity contribution in [2.45, 2.75) is 32.5 Å². The maximum Gasteiger partial charge on any atom is 0.258 e. The number of nitrogens with one attached hydrogen (secondary N) is 1. The first-order valence-corrected chi connectivity index (χ1v) is 10.6. The second-order valence-electron chi connectivity index (χ2n) is 8.08. The fraction of sp³-hybridized carbons (Fsp3) is 0.375. The first kappa shape index (κ1) is 21.1. The Kier molecular flexibility index (Phi) is 5.78. The molecular formula is C24H27N3O4. The molecule has 2 aliphatic rings. The Morgan fingerprint density at radius 3 is 2.55 bits per heavy atom. The molecule has 1 fully saturated rings. The summed E-state index contributed by atoms with van der Waals surface area (Å²) in [6, 6.07) is 12.3. The van der Waals surface area contributed by atoms with Crippen LogP contribution in [-0.4, -0.2) is 45.6 Å². The van der Waals surface area contributed by atoms with Crippen molar-refractivity contribution in [3.05, 3.63) is 69.6 Å². The van der Waals surface area contributed by atoms with Crippen LogP contribution in [0.4, 0.5) is 0 Å². The summed E-state index contributed by atoms with van der Waals surface area (Å²) in [7, 11) is 0. The highest BCUT2D eigenvalue weighted by atomic mass is 16.3. The van der Waals surface area contributed by atoms with E-state index in [0.29, 0.717) is 17.8 Å². The molecule has 31 heavy (non-hydrogen) atoms. The molecule has 2 N–H and O–H groups in total. The third-order valence-electron chi connectivity index (χ3n) is 6.35. The van der Waals surface area contributed by atoms with E-state index >= 15 is 0 Å². The summed E-state index contributed by atoms with van der Waals surface area (Å²) in [5.74, 6) is -1.39. The number of aliphatic hydroxyl groups is 1. The number of benzene rings is 1. The van der Waals surface area contributed by atoms with Crippen LogP contribution >= 0.6 is 0 Å². The summed E-state index contributed by atoms with van der Waals surface area (Å²) in [5, 5.41) is 12.9. The molecule has 7 nitrogen and oxygen atoms in total. The van der Waals surface area contributed by atoms with Crippen LogP contribution in [0.2, 0.25) is 0 Å². The Labute approximate surface area is 181 Å². The molecular weight excluding hydrogens is 394 g/mol. The van der Waals surface area contributed by atoms with Gasteiger partial charge >= 0.3 is 0 Å². The molecule has 1 saturated heterocycles. The highest BCUT2D eigenvalue weighted by molar-refractivity contribution is 5.83. The zero-order chi connectivity index (χ0) is 22.1. The van der Waals surface area contributed by atoms with Crippen molar-refractivity contribution in [1.82, 2.24) is 14.8 Å². The summed E-state index contributed by atoms with van der Waals surface area (Å²) in [5.41, 5.74) is 2.01. The van der Waals surface area contributed by atoms with Crippen molar-refractivity contribution >= 4 is 24.0 Å². The standard InChI is InChI=1S/C24H27N3O4/c1-3-25-23(30)21-18(14-28)20-13-26-19(22(21)27(20)15(2)29)12-11-17(24(26)31)10-9-16-7-5-4-6-8-16/h4-12,18,20-22,28H,3,13-14H2,1-2H3,(H,25,30)/b10-9+/t18-,20-,21+,22+/m0/s1. The summed E-state index contributed by atoms with van der Waals surface area (Å²) in [6.07, 6.45) is 3.67. The summed E-state index contributed by atoms with van der Waals surface area (Å²) in [6.45, 7) is 3.80. The van der Waals surface area contributed by atoms with E-state index in [2.05, 4.69) is 5.32 Å². The van der Waals surface area contributed by atoms with Crippen molar-refractivity contribution in [2.75, 3.05) is 13.2 Å². The van der Waals surface area contributed by atoms with Crippen LogP contribution in [0.15, 0.2) is 47.3 Å². The topological polar surface area (TPSA) is 91.6 Å². The van der Waals surface area contributed by atoms with E-state index in [9.17, 15) is 19.5 Å². The maximum atomic E-state index is 13.3. The van der Waals surface area contributed by atoms with Crippen LogP contribution in [0.3, 0.4) is 0 Å². The molecule has 3 heterocycles. The zero-order valence-corrected chi connectivity index (χ0v) is 17.7. The average molecular weight is 421 g/mol. The van der Waals surface area contributed by atoms with Gasteiger partial charge in [-0.1, -0.05) is 36.4 Å². The minimum Gasteiger partial charge on any atom is -0.396 e. The first-order valence-electron chi connectivity index (χ1n) is 10.6. The number of carbonyl (C=O) groups excluding carboxylic acids is 2. The van der Waals surface area contributed by atoms with Gasteiger partial charge in [0.2, 0.25) is 11.8 Å². The SMILES string of the molecule is CCNC(=O)[C@@H]1[C@@H](CO)[C@@H]2Cn3c(ccc(/C=C/c4ccccc4)c3=O)[C@H]1N2C(C)=O. The maximum absolute atomic E-state index is 13.3. The smallest absolute Gasteiger partial charge is 0.258 e. The third kappa shape index (κ3) is 3.59. The minimum absolute atomic E-state index is 0.156. The van der Waals surface area contributed by atoms with E-state index < -0.39 is 23.9 Å². The number of carbonyl (C=O) groups is 2. The van der Waals surface area contributed by atoms with Crippen LogP contribution in [0.25, 0.3) is 12.2 Å². The number of rotatable bonds is 5. The Hall–Kier alpha value is -3.19. The Morgan fingerprint density at radius 1 is 1.16 bits per heavy atom. The molecule has 2 bridgehead atoms. The lowest BCUT2D eigenvalue weighted by Gasteiger charge is -2.37. The van der Waals surface area contributed by atoms with Gasteiger partial charge < -0.3 is 19.9 Å². The van der Waals surface area contributed by atoms with Crippen LogP contribution < -0.4 is 10.9 Å². The molecule has 0 spiro atoms. The van der Waals surface area contributed by atoms with E-state index in [-0.39, 0.29) is 30.5 Å². The minimum atomic E-state index is -0.599. The predicted molar refractivity (Wildman–Crippen MR) is 118 cm³/mol. The van der Waals surface area contributed by atoms with E-state index in [4.69, 9.17) is 0 Å². The monoisotopic (exact) mass is 421 g/mol. The molecule has 2 aliphatic heterocycles. The molecule has 4 rings (SSSR count). The van der Waals surface area contributed by atoms with Crippen LogP contribution in [0, 0.1) is 11.8 Å². The molecule has 2 aromatic rings. The van der Waals surface area contributed by atoms with Crippen molar-refractivity contribution in [3.63, 3.8) is 0 Å². The molecule has 0 radical (unpaired) electrons. The molecule has 1 aromatic heterocycles. The zero-order valence-electron chi connectivity index (χ0n) is 17.7. The summed E-state index contributed by atoms with van der Waals surface area (Å²) >= 11 is 0. The van der Waals surface area contributed by atoms with Crippen molar-refractivity contribution in [2.24, 2.45) is 11.8 Å². The number of hydrogen-bond acceptors (Lipinski definition) is 4. The third-order valence-corrected chi connectivity index (χ3v) is 6.35. The number of nitrogens with zero attached hydrogens (tertiary/aromatic N) is 2. The molecule has 1 aromatic carbocycles. The van der Waals surface area contributed by atoms with Gasteiger partial charge in [0.25, 0.3) is 5.56 Å². The number of aliphatic hydroxyl groups excluding tert-OH is 1. The van der Waals surface area contributed by atoms with Gasteiger partial charge in [-0.2, -0.15) is 0 Å². The van der Waals surface area contributed by atoms with Gasteiger partial charge in [-0.25, -0.2) is 0 Å². The average Bonchev–Trinajstić information content (AvgIpc) is 3.01. The number of pyridine rings is 1. The van der Waals surface area contributed by atoms with E-state index in [1.54, 1.807) is 21.6 Å². The van der Waals surface area contributed by atoms with Gasteiger partial charge in [0.1, 0.15) is 0 Å². The van der Waals surface area contributed by atoms with Gasteiger partial charge in [0.15, 0.2) is 0 Å². The summed E-state index contributed by atoms with van der Waals surface area (Å²) < 4.78 is 1.67. The van der Waals surface area contributed by atoms with Gasteiger partial charge in [-0.05, 0) is 30.7 Å². The first-order chi connectivity index (χ1) is 15.0. The largest absolute Gasteiger partial charge is 0.396 e. The Balaban J connectivity index is 1.78. The predicted octanol–water partition coefficient (Wildman–Crippen LogP) is 1.66. The van der Waals surface area contributed by atoms with E-state index in [0.717, 1.165) is 5.56 Å². The van der Waals surface area contributed by atoms with Gasteiger partial charge in [0.05, 0.1) is 18.0 Å². The normalized spacial score (nSPS) is 24.3. The highest BCUT2D eigenvalue weighted by Gasteiger charge is 2.56. The lowest BCUT2D eigenvalue weighted by atomic mass is 9.86. The molecule has 0 saturated carbocycles. The fourth-order valence-corrected chi connectivity index (χ4v) is 5.02. The number of amides is 2. The fourth-order valence-electron chi connectivity index (χ4n) is 5.02. The molecule has 162 valence electrons. The van der Waals surface area contributed by atoms with E-state index in [1.807, 2.05) is 49.4 Å². The Morgan fingerprint density at radius 2 is 1.90 bits per heavy atom. The van der Waals surface area contributed by atoms with Crippen LogP contribution in [0.5, 0.6) is 0 Å². The van der Waals surface area contributed by atoms with Crippen LogP contribution in [-0.2, 0) is 16.1 Å². The van der Waals surface area contributed by atoms with Crippen molar-refractivity contribution < 1.29 is 14.7 Å². The lowest BCUT2D eigenvalue weighted by molar-refractivity contribution is -0.134. The van der Waals surface area contributed by atoms with Gasteiger partial charge in [-0.15, -0.1) is 0 Å². The highest BCUT2D eigenvalue weighted by Crippen LogP contribution is 2.48. The van der Waals surface area contributed by atoms with Gasteiger partial charge in [-0.3, -0.25) is 14.4 Å². The number of hydrogen-bond donors (Lipinski definition) is 2. The van der Waals surface area contributed by atoms with Gasteiger partial charge in [0, 0.05) is 43.8 Å².